The molecule has 0 bridgehead atoms. The van der Waals surface area contributed by atoms with Crippen molar-refractivity contribution in [2.24, 2.45) is 7.05 Å². The van der Waals surface area contributed by atoms with Gasteiger partial charge in [0, 0.05) is 18.3 Å². The molecule has 3 nitrogen and oxygen atoms in total. The highest BCUT2D eigenvalue weighted by Crippen LogP contribution is 2.33. The summed E-state index contributed by atoms with van der Waals surface area (Å²) >= 11 is 0. The van der Waals surface area contributed by atoms with E-state index in [-0.39, 0.29) is 5.69 Å². The van der Waals surface area contributed by atoms with Gasteiger partial charge < -0.3 is 4.98 Å². The van der Waals surface area contributed by atoms with Crippen LogP contribution in [0.2, 0.25) is 0 Å². The smallest absolute Gasteiger partial charge is 0.309 e. The van der Waals surface area contributed by atoms with Gasteiger partial charge in [-0.25, -0.2) is 4.79 Å². The van der Waals surface area contributed by atoms with Crippen LogP contribution in [0.25, 0.3) is 11.3 Å². The van der Waals surface area contributed by atoms with Crippen molar-refractivity contribution in [3.63, 3.8) is 0 Å². The van der Waals surface area contributed by atoms with Crippen LogP contribution in [0.15, 0.2) is 29.1 Å². The Morgan fingerprint density at radius 2 is 1.75 bits per heavy atom. The maximum Gasteiger partial charge on any atom is 0.325 e. The fourth-order valence-corrected chi connectivity index (χ4v) is 3.42. The van der Waals surface area contributed by atoms with Crippen LogP contribution in [0.5, 0.6) is 0 Å². The van der Waals surface area contributed by atoms with Gasteiger partial charge in [0.25, 0.3) is 0 Å². The van der Waals surface area contributed by atoms with Crippen molar-refractivity contribution >= 4 is 0 Å². The van der Waals surface area contributed by atoms with Crippen LogP contribution in [0.4, 0.5) is 0 Å². The number of rotatable bonds is 2. The van der Waals surface area contributed by atoms with Crippen LogP contribution in [-0.2, 0) is 7.05 Å². The van der Waals surface area contributed by atoms with Crippen molar-refractivity contribution in [3.8, 4) is 11.3 Å². The molecule has 1 aliphatic carbocycles. The second-order valence-corrected chi connectivity index (χ2v) is 5.92. The number of imidazole rings is 1. The lowest BCUT2D eigenvalue weighted by molar-refractivity contribution is 0.443. The van der Waals surface area contributed by atoms with Gasteiger partial charge in [-0.3, -0.25) is 4.57 Å². The summed E-state index contributed by atoms with van der Waals surface area (Å²) in [6.45, 7) is 1.95. The van der Waals surface area contributed by atoms with Crippen LogP contribution in [0, 0.1) is 6.92 Å². The average molecular weight is 270 g/mol. The molecule has 1 fully saturated rings. The third kappa shape index (κ3) is 2.33. The fraction of sp³-hybridized carbons (Fsp3) is 0.471. The number of hydrogen-bond acceptors (Lipinski definition) is 1. The number of aryl methyl sites for hydroxylation is 1. The van der Waals surface area contributed by atoms with Gasteiger partial charge in [-0.1, -0.05) is 43.5 Å². The largest absolute Gasteiger partial charge is 0.325 e. The summed E-state index contributed by atoms with van der Waals surface area (Å²) in [5.41, 5.74) is 4.44. The van der Waals surface area contributed by atoms with E-state index in [9.17, 15) is 4.79 Å². The highest BCUT2D eigenvalue weighted by molar-refractivity contribution is 5.62. The highest BCUT2D eigenvalue weighted by atomic mass is 16.1. The van der Waals surface area contributed by atoms with Gasteiger partial charge in [0.15, 0.2) is 0 Å². The molecule has 0 aliphatic heterocycles. The summed E-state index contributed by atoms with van der Waals surface area (Å²) in [5, 5.41) is 0. The number of hydrogen-bond donors (Lipinski definition) is 1. The first-order valence-corrected chi connectivity index (χ1v) is 7.53. The molecule has 3 heteroatoms. The Balaban J connectivity index is 1.91. The van der Waals surface area contributed by atoms with Crippen molar-refractivity contribution < 1.29 is 0 Å². The number of aromatic nitrogens is 2. The first-order chi connectivity index (χ1) is 9.66. The zero-order valence-corrected chi connectivity index (χ0v) is 12.3. The minimum atomic E-state index is -0.0474. The standard InChI is InChI=1S/C17H22N2O/c1-12-16(19(2)17(20)18-12)15-10-8-14(9-11-15)13-6-4-3-5-7-13/h8-11,13H,3-7H2,1-2H3,(H,18,20). The molecule has 0 saturated heterocycles. The molecule has 1 aliphatic rings. The van der Waals surface area contributed by atoms with E-state index >= 15 is 0 Å². The van der Waals surface area contributed by atoms with Crippen molar-refractivity contribution in [3.05, 3.63) is 46.0 Å². The van der Waals surface area contributed by atoms with Gasteiger partial charge >= 0.3 is 5.69 Å². The third-order valence-electron chi connectivity index (χ3n) is 4.55. The monoisotopic (exact) mass is 270 g/mol. The van der Waals surface area contributed by atoms with Gasteiger partial charge in [0.1, 0.15) is 0 Å². The van der Waals surface area contributed by atoms with Gasteiger partial charge in [-0.05, 0) is 31.2 Å². The maximum absolute atomic E-state index is 11.7. The summed E-state index contributed by atoms with van der Waals surface area (Å²) in [6.07, 6.45) is 6.75. The molecule has 1 N–H and O–H groups in total. The van der Waals surface area contributed by atoms with Crippen molar-refractivity contribution in [2.45, 2.75) is 44.9 Å². The second kappa shape index (κ2) is 5.31. The van der Waals surface area contributed by atoms with E-state index in [1.54, 1.807) is 4.57 Å². The molecule has 1 heterocycles. The molecule has 0 unspecified atom stereocenters. The van der Waals surface area contributed by atoms with Crippen molar-refractivity contribution in [2.75, 3.05) is 0 Å². The Labute approximate surface area is 119 Å². The first kappa shape index (κ1) is 13.2. The van der Waals surface area contributed by atoms with Gasteiger partial charge in [0.2, 0.25) is 0 Å². The Bertz CT molecular complexity index is 643. The van der Waals surface area contributed by atoms with E-state index in [1.807, 2.05) is 14.0 Å². The Kier molecular flexibility index (Phi) is 3.51. The lowest BCUT2D eigenvalue weighted by atomic mass is 9.84. The van der Waals surface area contributed by atoms with Crippen molar-refractivity contribution in [1.29, 1.82) is 0 Å². The van der Waals surface area contributed by atoms with E-state index in [1.165, 1.54) is 37.7 Å². The van der Waals surface area contributed by atoms with E-state index in [0.29, 0.717) is 0 Å². The minimum absolute atomic E-state index is 0.0474. The number of H-pyrrole nitrogens is 1. The van der Waals surface area contributed by atoms with Gasteiger partial charge in [-0.15, -0.1) is 0 Å². The van der Waals surface area contributed by atoms with Crippen LogP contribution in [-0.4, -0.2) is 9.55 Å². The maximum atomic E-state index is 11.7. The van der Waals surface area contributed by atoms with E-state index < -0.39 is 0 Å². The zero-order chi connectivity index (χ0) is 14.1. The molecule has 0 amide bonds. The lowest BCUT2D eigenvalue weighted by Crippen LogP contribution is -2.13. The molecule has 0 atom stereocenters. The Hall–Kier alpha value is -1.77. The summed E-state index contributed by atoms with van der Waals surface area (Å²) in [6, 6.07) is 8.78. The Morgan fingerprint density at radius 1 is 1.10 bits per heavy atom. The molecule has 1 aromatic carbocycles. The molecular weight excluding hydrogens is 248 g/mol. The summed E-state index contributed by atoms with van der Waals surface area (Å²) in [4.78, 5) is 14.5. The number of nitrogens with one attached hydrogen (secondary N) is 1. The SMILES string of the molecule is Cc1[nH]c(=O)n(C)c1-c1ccc(C2CCCCC2)cc1. The topological polar surface area (TPSA) is 37.8 Å². The second-order valence-electron chi connectivity index (χ2n) is 5.92. The third-order valence-corrected chi connectivity index (χ3v) is 4.55. The molecule has 1 saturated carbocycles. The molecule has 1 aromatic heterocycles. The molecule has 0 radical (unpaired) electrons. The first-order valence-electron chi connectivity index (χ1n) is 7.53. The summed E-state index contributed by atoms with van der Waals surface area (Å²) in [5.74, 6) is 0.731. The van der Waals surface area contributed by atoms with E-state index in [4.69, 9.17) is 0 Å². The zero-order valence-electron chi connectivity index (χ0n) is 12.3. The average Bonchev–Trinajstić information content (AvgIpc) is 2.73. The van der Waals surface area contributed by atoms with Crippen LogP contribution >= 0.6 is 0 Å². The van der Waals surface area contributed by atoms with E-state index in [0.717, 1.165) is 22.9 Å². The van der Waals surface area contributed by atoms with Crippen LogP contribution < -0.4 is 5.69 Å². The number of nitrogens with zero attached hydrogens (tertiary/aromatic N) is 1. The number of aromatic amines is 1. The fourth-order valence-electron chi connectivity index (χ4n) is 3.42. The quantitative estimate of drug-likeness (QED) is 0.887. The van der Waals surface area contributed by atoms with Crippen LogP contribution in [0.3, 0.4) is 0 Å². The predicted molar refractivity (Wildman–Crippen MR) is 82.0 cm³/mol. The van der Waals surface area contributed by atoms with Gasteiger partial charge in [-0.2, -0.15) is 0 Å². The minimum Gasteiger partial charge on any atom is -0.309 e. The molecule has 106 valence electrons. The van der Waals surface area contributed by atoms with Crippen LogP contribution in [0.1, 0.15) is 49.3 Å². The van der Waals surface area contributed by atoms with Gasteiger partial charge in [0.05, 0.1) is 5.69 Å². The molecule has 2 aromatic rings. The Morgan fingerprint density at radius 3 is 2.30 bits per heavy atom. The predicted octanol–water partition coefficient (Wildman–Crippen LogP) is 3.74. The summed E-state index contributed by atoms with van der Waals surface area (Å²) < 4.78 is 1.69. The number of benzene rings is 1. The summed E-state index contributed by atoms with van der Waals surface area (Å²) in [7, 11) is 1.82. The normalized spacial score (nSPS) is 16.5. The molecule has 20 heavy (non-hydrogen) atoms. The molecule has 3 rings (SSSR count). The van der Waals surface area contributed by atoms with E-state index in [2.05, 4.69) is 29.2 Å². The lowest BCUT2D eigenvalue weighted by Gasteiger charge is -2.22. The highest BCUT2D eigenvalue weighted by Gasteiger charge is 2.16. The van der Waals surface area contributed by atoms with Crippen molar-refractivity contribution in [1.82, 2.24) is 9.55 Å². The molecule has 0 spiro atoms. The molecular formula is C17H22N2O.